The Kier molecular flexibility index (Phi) is 5.21. The molecule has 1 saturated heterocycles. The highest BCUT2D eigenvalue weighted by molar-refractivity contribution is 5.89. The number of aryl methyl sites for hydroxylation is 1. The Bertz CT molecular complexity index is 709. The number of carbonyl (C=O) groups is 1. The third-order valence-electron chi connectivity index (χ3n) is 4.57. The van der Waals surface area contributed by atoms with Crippen LogP contribution in [0.5, 0.6) is 0 Å². The molecule has 2 aromatic rings. The molecule has 2 amide bonds. The predicted molar refractivity (Wildman–Crippen MR) is 96.7 cm³/mol. The van der Waals surface area contributed by atoms with Crippen LogP contribution in [0.2, 0.25) is 0 Å². The van der Waals surface area contributed by atoms with Gasteiger partial charge in [-0.3, -0.25) is 0 Å². The van der Waals surface area contributed by atoms with E-state index in [2.05, 4.69) is 34.2 Å². The molecule has 3 heterocycles. The number of rotatable bonds is 5. The van der Waals surface area contributed by atoms with Crippen LogP contribution in [-0.2, 0) is 0 Å². The zero-order valence-electron chi connectivity index (χ0n) is 15.0. The maximum absolute atomic E-state index is 12.7. The number of anilines is 2. The van der Waals surface area contributed by atoms with Crippen LogP contribution in [0.15, 0.2) is 28.9 Å². The van der Waals surface area contributed by atoms with Crippen LogP contribution in [-0.4, -0.2) is 40.7 Å². The molecule has 0 unspecified atom stereocenters. The lowest BCUT2D eigenvalue weighted by Crippen LogP contribution is -2.34. The van der Waals surface area contributed by atoms with E-state index in [0.29, 0.717) is 12.2 Å². The number of aromatic nitrogens is 2. The first kappa shape index (κ1) is 17.3. The first-order valence-corrected chi connectivity index (χ1v) is 8.84. The summed E-state index contributed by atoms with van der Waals surface area (Å²) >= 11 is 0. The lowest BCUT2D eigenvalue weighted by molar-refractivity contribution is 0.195. The van der Waals surface area contributed by atoms with Gasteiger partial charge in [-0.2, -0.15) is 0 Å². The van der Waals surface area contributed by atoms with E-state index in [4.69, 9.17) is 4.52 Å². The zero-order chi connectivity index (χ0) is 17.8. The zero-order valence-corrected chi connectivity index (χ0v) is 15.0. The molecule has 7 nitrogen and oxygen atoms in total. The molecule has 0 spiro atoms. The number of nitrogens with zero attached hydrogens (tertiary/aromatic N) is 4. The molecule has 1 fully saturated rings. The molecule has 25 heavy (non-hydrogen) atoms. The molecule has 3 rings (SSSR count). The minimum atomic E-state index is -0.131. The van der Waals surface area contributed by atoms with E-state index < -0.39 is 0 Å². The Morgan fingerprint density at radius 2 is 2.20 bits per heavy atom. The Labute approximate surface area is 148 Å². The largest absolute Gasteiger partial charge is 0.359 e. The fraction of sp³-hybridized carbons (Fsp3) is 0.500. The number of nitrogens with one attached hydrogen (secondary N) is 1. The van der Waals surface area contributed by atoms with Gasteiger partial charge in [-0.15, -0.1) is 0 Å². The van der Waals surface area contributed by atoms with E-state index in [0.717, 1.165) is 43.2 Å². The van der Waals surface area contributed by atoms with Gasteiger partial charge in [-0.25, -0.2) is 9.78 Å². The molecular formula is C18H25N5O2. The molecule has 1 aliphatic rings. The summed E-state index contributed by atoms with van der Waals surface area (Å²) in [5.74, 6) is 1.67. The van der Waals surface area contributed by atoms with Crippen molar-refractivity contribution in [1.82, 2.24) is 15.0 Å². The van der Waals surface area contributed by atoms with E-state index in [9.17, 15) is 4.79 Å². The smallest absolute Gasteiger partial charge is 0.322 e. The Balaban J connectivity index is 1.67. The minimum Gasteiger partial charge on any atom is -0.359 e. The average Bonchev–Trinajstić information content (AvgIpc) is 3.26. The topological polar surface area (TPSA) is 74.5 Å². The SMILES string of the molecule is CCN(CC)c1ccc(NC(=O)N2CCC[C@@H]2c2cc(C)no2)cn1. The molecule has 1 atom stereocenters. The summed E-state index contributed by atoms with van der Waals surface area (Å²) in [5, 5.41) is 6.87. The predicted octanol–water partition coefficient (Wildman–Crippen LogP) is 3.59. The molecule has 0 aliphatic carbocycles. The van der Waals surface area contributed by atoms with Crippen molar-refractivity contribution in [3.63, 3.8) is 0 Å². The average molecular weight is 343 g/mol. The van der Waals surface area contributed by atoms with Crippen molar-refractivity contribution >= 4 is 17.5 Å². The molecule has 1 N–H and O–H groups in total. The summed E-state index contributed by atoms with van der Waals surface area (Å²) in [6.45, 7) is 8.60. The van der Waals surface area contributed by atoms with Gasteiger partial charge in [0, 0.05) is 25.7 Å². The summed E-state index contributed by atoms with van der Waals surface area (Å²) in [5.41, 5.74) is 1.53. The highest BCUT2D eigenvalue weighted by Crippen LogP contribution is 2.32. The fourth-order valence-corrected chi connectivity index (χ4v) is 3.24. The van der Waals surface area contributed by atoms with Crippen LogP contribution in [0.4, 0.5) is 16.3 Å². The summed E-state index contributed by atoms with van der Waals surface area (Å²) in [7, 11) is 0. The summed E-state index contributed by atoms with van der Waals surface area (Å²) in [4.78, 5) is 21.1. The molecule has 7 heteroatoms. The van der Waals surface area contributed by atoms with Crippen molar-refractivity contribution in [3.8, 4) is 0 Å². The number of carbonyl (C=O) groups excluding carboxylic acids is 1. The maximum Gasteiger partial charge on any atom is 0.322 e. The van der Waals surface area contributed by atoms with Crippen molar-refractivity contribution in [2.24, 2.45) is 0 Å². The highest BCUT2D eigenvalue weighted by atomic mass is 16.5. The van der Waals surface area contributed by atoms with E-state index in [-0.39, 0.29) is 12.1 Å². The van der Waals surface area contributed by atoms with Gasteiger partial charge in [0.05, 0.1) is 23.6 Å². The third-order valence-corrected chi connectivity index (χ3v) is 4.57. The van der Waals surface area contributed by atoms with Gasteiger partial charge in [0.2, 0.25) is 0 Å². The van der Waals surface area contributed by atoms with Gasteiger partial charge in [0.25, 0.3) is 0 Å². The number of urea groups is 1. The van der Waals surface area contributed by atoms with E-state index >= 15 is 0 Å². The number of hydrogen-bond donors (Lipinski definition) is 1. The number of amides is 2. The maximum atomic E-state index is 12.7. The van der Waals surface area contributed by atoms with Gasteiger partial charge in [-0.1, -0.05) is 5.16 Å². The monoisotopic (exact) mass is 343 g/mol. The molecular weight excluding hydrogens is 318 g/mol. The lowest BCUT2D eigenvalue weighted by Gasteiger charge is -2.23. The summed E-state index contributed by atoms with van der Waals surface area (Å²) in [6, 6.07) is 5.54. The van der Waals surface area contributed by atoms with Gasteiger partial charge in [0.15, 0.2) is 5.76 Å². The second-order valence-electron chi connectivity index (χ2n) is 6.23. The molecule has 134 valence electrons. The first-order chi connectivity index (χ1) is 12.1. The first-order valence-electron chi connectivity index (χ1n) is 8.84. The van der Waals surface area contributed by atoms with Crippen molar-refractivity contribution < 1.29 is 9.32 Å². The fourth-order valence-electron chi connectivity index (χ4n) is 3.24. The van der Waals surface area contributed by atoms with E-state index in [1.54, 1.807) is 11.1 Å². The molecule has 0 saturated carbocycles. The molecule has 2 aromatic heterocycles. The molecule has 0 bridgehead atoms. The quantitative estimate of drug-likeness (QED) is 0.898. The van der Waals surface area contributed by atoms with Gasteiger partial charge in [0.1, 0.15) is 5.82 Å². The van der Waals surface area contributed by atoms with Crippen LogP contribution in [0.1, 0.15) is 44.2 Å². The van der Waals surface area contributed by atoms with Gasteiger partial charge in [-0.05, 0) is 45.7 Å². The molecule has 0 aromatic carbocycles. The van der Waals surface area contributed by atoms with Crippen LogP contribution in [0, 0.1) is 6.92 Å². The van der Waals surface area contributed by atoms with Gasteiger partial charge >= 0.3 is 6.03 Å². The van der Waals surface area contributed by atoms with Crippen LogP contribution in [0.3, 0.4) is 0 Å². The van der Waals surface area contributed by atoms with Crippen molar-refractivity contribution in [1.29, 1.82) is 0 Å². The van der Waals surface area contributed by atoms with Crippen LogP contribution < -0.4 is 10.2 Å². The standard InChI is InChI=1S/C18H25N5O2/c1-4-22(5-2)17-9-8-14(12-19-17)20-18(24)23-10-6-7-15(23)16-11-13(3)21-25-16/h8-9,11-12,15H,4-7,10H2,1-3H3,(H,20,24)/t15-/m1/s1. The molecule has 1 aliphatic heterocycles. The second kappa shape index (κ2) is 7.55. The Hall–Kier alpha value is -2.57. The Morgan fingerprint density at radius 1 is 1.40 bits per heavy atom. The van der Waals surface area contributed by atoms with Crippen LogP contribution in [0.25, 0.3) is 0 Å². The third kappa shape index (κ3) is 3.75. The lowest BCUT2D eigenvalue weighted by atomic mass is 10.1. The van der Waals surface area contributed by atoms with E-state index in [1.165, 1.54) is 0 Å². The van der Waals surface area contributed by atoms with Crippen molar-refractivity contribution in [2.45, 2.75) is 39.7 Å². The molecule has 0 radical (unpaired) electrons. The second-order valence-corrected chi connectivity index (χ2v) is 6.23. The van der Waals surface area contributed by atoms with Crippen LogP contribution >= 0.6 is 0 Å². The van der Waals surface area contributed by atoms with Crippen molar-refractivity contribution in [2.75, 3.05) is 29.9 Å². The number of hydrogen-bond acceptors (Lipinski definition) is 5. The summed E-state index contributed by atoms with van der Waals surface area (Å²) < 4.78 is 5.36. The summed E-state index contributed by atoms with van der Waals surface area (Å²) in [6.07, 6.45) is 3.55. The number of likely N-dealkylation sites (tertiary alicyclic amines) is 1. The van der Waals surface area contributed by atoms with E-state index in [1.807, 2.05) is 25.1 Å². The minimum absolute atomic E-state index is 0.0518. The normalized spacial score (nSPS) is 16.9. The number of pyridine rings is 1. The Morgan fingerprint density at radius 3 is 2.80 bits per heavy atom. The highest BCUT2D eigenvalue weighted by Gasteiger charge is 2.32. The van der Waals surface area contributed by atoms with Gasteiger partial charge < -0.3 is 19.6 Å². The van der Waals surface area contributed by atoms with Crippen molar-refractivity contribution in [3.05, 3.63) is 35.9 Å².